The van der Waals surface area contributed by atoms with Gasteiger partial charge in [-0.1, -0.05) is 47.1 Å². The van der Waals surface area contributed by atoms with Crippen molar-refractivity contribution in [1.82, 2.24) is 9.47 Å². The van der Waals surface area contributed by atoms with Gasteiger partial charge in [-0.05, 0) is 41.8 Å². The molecule has 1 saturated heterocycles. The number of aryl methyl sites for hydroxylation is 1. The zero-order valence-corrected chi connectivity index (χ0v) is 19.1. The fourth-order valence-corrected chi connectivity index (χ4v) is 4.69. The molecule has 0 unspecified atom stereocenters. The zero-order valence-electron chi connectivity index (χ0n) is 16.7. The third-order valence-corrected chi connectivity index (χ3v) is 6.64. The first-order valence-electron chi connectivity index (χ1n) is 10.1. The summed E-state index contributed by atoms with van der Waals surface area (Å²) in [5, 5.41) is 2.22. The third kappa shape index (κ3) is 5.25. The maximum Gasteiger partial charge on any atom is 0.190 e. The van der Waals surface area contributed by atoms with Crippen LogP contribution in [0.5, 0.6) is 0 Å². The van der Waals surface area contributed by atoms with Gasteiger partial charge in [0.1, 0.15) is 0 Å². The van der Waals surface area contributed by atoms with E-state index < -0.39 is 0 Å². The van der Waals surface area contributed by atoms with E-state index in [1.54, 1.807) is 11.3 Å². The van der Waals surface area contributed by atoms with Crippen LogP contribution in [-0.4, -0.2) is 42.3 Å². The first kappa shape index (κ1) is 20.5. The van der Waals surface area contributed by atoms with Crippen molar-refractivity contribution in [2.75, 3.05) is 32.8 Å². The normalized spacial score (nSPS) is 15.7. The van der Waals surface area contributed by atoms with E-state index in [-0.39, 0.29) is 0 Å². The van der Waals surface area contributed by atoms with Gasteiger partial charge in [-0.2, -0.15) is 0 Å². The molecule has 0 saturated carbocycles. The molecule has 0 N–H and O–H groups in total. The van der Waals surface area contributed by atoms with Crippen molar-refractivity contribution < 1.29 is 4.74 Å². The molecule has 1 fully saturated rings. The van der Waals surface area contributed by atoms with Gasteiger partial charge in [-0.3, -0.25) is 4.90 Å². The summed E-state index contributed by atoms with van der Waals surface area (Å²) in [6, 6.07) is 17.1. The van der Waals surface area contributed by atoms with E-state index in [0.717, 1.165) is 60.8 Å². The standard InChI is InChI=1S/C23H26BrN3OS/c1-2-18-3-9-21(10-4-18)25-23-27(12-11-26-13-15-28-16-14-26)22(17-29-23)19-5-7-20(24)8-6-19/h3-10,17H,2,11-16H2,1H3. The Balaban J connectivity index is 1.67. The number of halogens is 1. The van der Waals surface area contributed by atoms with E-state index in [1.807, 2.05) is 0 Å². The molecule has 0 amide bonds. The monoisotopic (exact) mass is 471 g/mol. The molecule has 2 heterocycles. The summed E-state index contributed by atoms with van der Waals surface area (Å²) in [5.41, 5.74) is 4.78. The number of hydrogen-bond acceptors (Lipinski definition) is 4. The van der Waals surface area contributed by atoms with Gasteiger partial charge in [-0.15, -0.1) is 11.3 Å². The summed E-state index contributed by atoms with van der Waals surface area (Å²) in [4.78, 5) is 8.49. The number of hydrogen-bond donors (Lipinski definition) is 0. The summed E-state index contributed by atoms with van der Waals surface area (Å²) >= 11 is 5.25. The van der Waals surface area contributed by atoms with Gasteiger partial charge >= 0.3 is 0 Å². The van der Waals surface area contributed by atoms with Crippen molar-refractivity contribution in [2.45, 2.75) is 19.9 Å². The third-order valence-electron chi connectivity index (χ3n) is 5.25. The van der Waals surface area contributed by atoms with Crippen LogP contribution in [0, 0.1) is 0 Å². The smallest absolute Gasteiger partial charge is 0.190 e. The van der Waals surface area contributed by atoms with Crippen LogP contribution in [0.15, 0.2) is 63.4 Å². The van der Waals surface area contributed by atoms with E-state index in [9.17, 15) is 0 Å². The van der Waals surface area contributed by atoms with Gasteiger partial charge in [0.2, 0.25) is 0 Å². The summed E-state index contributed by atoms with van der Waals surface area (Å²) in [7, 11) is 0. The number of thiazole rings is 1. The largest absolute Gasteiger partial charge is 0.379 e. The van der Waals surface area contributed by atoms with Crippen LogP contribution in [0.4, 0.5) is 5.69 Å². The Labute approximate surface area is 184 Å². The summed E-state index contributed by atoms with van der Waals surface area (Å²) in [6.07, 6.45) is 1.05. The second-order valence-corrected chi connectivity index (χ2v) is 8.90. The second-order valence-electron chi connectivity index (χ2n) is 7.15. The predicted octanol–water partition coefficient (Wildman–Crippen LogP) is 5.11. The van der Waals surface area contributed by atoms with Crippen LogP contribution in [-0.2, 0) is 17.7 Å². The molecule has 4 nitrogen and oxygen atoms in total. The topological polar surface area (TPSA) is 29.8 Å². The van der Waals surface area contributed by atoms with Crippen molar-refractivity contribution >= 4 is 33.0 Å². The molecular formula is C23H26BrN3OS. The van der Waals surface area contributed by atoms with Crippen molar-refractivity contribution in [3.63, 3.8) is 0 Å². The molecule has 1 aliphatic rings. The number of rotatable bonds is 6. The molecule has 4 rings (SSSR count). The lowest BCUT2D eigenvalue weighted by molar-refractivity contribution is 0.0363. The van der Waals surface area contributed by atoms with Crippen LogP contribution in [0.1, 0.15) is 12.5 Å². The molecule has 0 bridgehead atoms. The van der Waals surface area contributed by atoms with E-state index >= 15 is 0 Å². The Morgan fingerprint density at radius 2 is 1.72 bits per heavy atom. The highest BCUT2D eigenvalue weighted by Crippen LogP contribution is 2.23. The van der Waals surface area contributed by atoms with Crippen molar-refractivity contribution in [3.05, 3.63) is 68.7 Å². The van der Waals surface area contributed by atoms with E-state index in [1.165, 1.54) is 16.8 Å². The molecule has 0 aliphatic carbocycles. The highest BCUT2D eigenvalue weighted by Gasteiger charge is 2.13. The number of morpholine rings is 1. The maximum atomic E-state index is 5.49. The van der Waals surface area contributed by atoms with Crippen LogP contribution in [0.25, 0.3) is 11.3 Å². The lowest BCUT2D eigenvalue weighted by Crippen LogP contribution is -2.39. The Morgan fingerprint density at radius 1 is 1.00 bits per heavy atom. The van der Waals surface area contributed by atoms with Crippen LogP contribution < -0.4 is 4.80 Å². The molecule has 1 aromatic heterocycles. The van der Waals surface area contributed by atoms with Gasteiger partial charge in [-0.25, -0.2) is 4.99 Å². The molecule has 0 radical (unpaired) electrons. The molecule has 2 aromatic carbocycles. The fraction of sp³-hybridized carbons (Fsp3) is 0.348. The number of benzene rings is 2. The number of nitrogens with zero attached hydrogens (tertiary/aromatic N) is 3. The van der Waals surface area contributed by atoms with Crippen molar-refractivity contribution in [3.8, 4) is 11.3 Å². The molecular weight excluding hydrogens is 446 g/mol. The summed E-state index contributed by atoms with van der Waals surface area (Å²) < 4.78 is 8.95. The van der Waals surface area contributed by atoms with E-state index in [4.69, 9.17) is 9.73 Å². The lowest BCUT2D eigenvalue weighted by atomic mass is 10.1. The quantitative estimate of drug-likeness (QED) is 0.499. The van der Waals surface area contributed by atoms with Crippen molar-refractivity contribution in [2.24, 2.45) is 4.99 Å². The van der Waals surface area contributed by atoms with Gasteiger partial charge in [0.15, 0.2) is 4.80 Å². The van der Waals surface area contributed by atoms with Crippen LogP contribution in [0.2, 0.25) is 0 Å². The lowest BCUT2D eigenvalue weighted by Gasteiger charge is -2.26. The summed E-state index contributed by atoms with van der Waals surface area (Å²) in [6.45, 7) is 7.76. The maximum absolute atomic E-state index is 5.49. The molecule has 1 aliphatic heterocycles. The predicted molar refractivity (Wildman–Crippen MR) is 124 cm³/mol. The highest BCUT2D eigenvalue weighted by molar-refractivity contribution is 9.10. The Morgan fingerprint density at radius 3 is 2.41 bits per heavy atom. The molecule has 0 spiro atoms. The highest BCUT2D eigenvalue weighted by atomic mass is 79.9. The summed E-state index contributed by atoms with van der Waals surface area (Å²) in [5.74, 6) is 0. The minimum Gasteiger partial charge on any atom is -0.379 e. The van der Waals surface area contributed by atoms with E-state index in [2.05, 4.69) is 86.2 Å². The van der Waals surface area contributed by atoms with Crippen LogP contribution >= 0.6 is 27.3 Å². The van der Waals surface area contributed by atoms with Gasteiger partial charge in [0.05, 0.1) is 24.6 Å². The average Bonchev–Trinajstić information content (AvgIpc) is 3.16. The molecule has 29 heavy (non-hydrogen) atoms. The fourth-order valence-electron chi connectivity index (χ4n) is 3.47. The van der Waals surface area contributed by atoms with Gasteiger partial charge < -0.3 is 9.30 Å². The second kappa shape index (κ2) is 9.85. The molecule has 6 heteroatoms. The SMILES string of the molecule is CCc1ccc(N=c2scc(-c3ccc(Br)cc3)n2CCN2CCOCC2)cc1. The average molecular weight is 472 g/mol. The van der Waals surface area contributed by atoms with Gasteiger partial charge in [0.25, 0.3) is 0 Å². The number of ether oxygens (including phenoxy) is 1. The van der Waals surface area contributed by atoms with E-state index in [0.29, 0.717) is 0 Å². The molecule has 0 atom stereocenters. The Bertz CT molecular complexity index is 986. The van der Waals surface area contributed by atoms with Crippen molar-refractivity contribution in [1.29, 1.82) is 0 Å². The molecule has 152 valence electrons. The Hall–Kier alpha value is -1.73. The zero-order chi connectivity index (χ0) is 20.1. The molecule has 3 aromatic rings. The number of aromatic nitrogens is 1. The minimum absolute atomic E-state index is 0.828. The van der Waals surface area contributed by atoms with Crippen LogP contribution in [0.3, 0.4) is 0 Å². The minimum atomic E-state index is 0.828. The first-order chi connectivity index (χ1) is 14.2. The Kier molecular flexibility index (Phi) is 6.98. The van der Waals surface area contributed by atoms with Gasteiger partial charge in [0, 0.05) is 36.0 Å². The first-order valence-corrected chi connectivity index (χ1v) is 11.8.